The molecule has 4 aromatic carbocycles. The third-order valence-electron chi connectivity index (χ3n) is 11.1. The fourth-order valence-corrected chi connectivity index (χ4v) is 8.44. The number of hydrogen-bond acceptors (Lipinski definition) is 10. The van der Waals surface area contributed by atoms with Gasteiger partial charge in [0.05, 0.1) is 33.0 Å². The molecule has 0 heterocycles. The minimum atomic E-state index is -0.167. The fourth-order valence-electron chi connectivity index (χ4n) is 8.44. The number of anilines is 4. The molecule has 11 heteroatoms. The summed E-state index contributed by atoms with van der Waals surface area (Å²) in [7, 11) is 0. The molecule has 0 unspecified atom stereocenters. The molecular formula is C52H72N4O7. The summed E-state index contributed by atoms with van der Waals surface area (Å²) in [6.45, 7) is 12.2. The number of benzene rings is 4. The summed E-state index contributed by atoms with van der Waals surface area (Å²) in [6.07, 6.45) is 13.2. The van der Waals surface area contributed by atoms with Crippen LogP contribution in [0.1, 0.15) is 156 Å². The summed E-state index contributed by atoms with van der Waals surface area (Å²) in [5.74, 6) is 2.83. The van der Waals surface area contributed by atoms with Gasteiger partial charge >= 0.3 is 5.97 Å². The summed E-state index contributed by atoms with van der Waals surface area (Å²) in [4.78, 5) is 24.3. The van der Waals surface area contributed by atoms with Crippen LogP contribution in [0.2, 0.25) is 0 Å². The zero-order valence-corrected chi connectivity index (χ0v) is 38.6. The number of nitrogens with two attached hydrogens (primary N) is 3. The predicted octanol–water partition coefficient (Wildman–Crippen LogP) is 10.9. The van der Waals surface area contributed by atoms with Gasteiger partial charge in [0.2, 0.25) is 5.91 Å². The fraction of sp³-hybridized carbons (Fsp3) is 0.500. The van der Waals surface area contributed by atoms with Crippen LogP contribution in [0.15, 0.2) is 48.5 Å². The van der Waals surface area contributed by atoms with E-state index in [4.69, 9.17) is 40.9 Å². The maximum atomic E-state index is 12.6. The number of nitrogen functional groups attached to an aromatic ring is 3. The van der Waals surface area contributed by atoms with E-state index in [0.717, 1.165) is 138 Å². The van der Waals surface area contributed by atoms with E-state index in [9.17, 15) is 9.59 Å². The second-order valence-corrected chi connectivity index (χ2v) is 16.8. The van der Waals surface area contributed by atoms with E-state index in [1.165, 1.54) is 6.92 Å². The van der Waals surface area contributed by atoms with Crippen LogP contribution >= 0.6 is 0 Å². The minimum absolute atomic E-state index is 0.104. The molecule has 5 rings (SSSR count). The van der Waals surface area contributed by atoms with Gasteiger partial charge in [-0.3, -0.25) is 9.59 Å². The van der Waals surface area contributed by atoms with E-state index in [2.05, 4.69) is 26.1 Å². The molecule has 8 bridgehead atoms. The number of hydrogen-bond donors (Lipinski definition) is 4. The average Bonchev–Trinajstić information content (AvgIpc) is 3.22. The number of ether oxygens (including phenoxy) is 5. The summed E-state index contributed by atoms with van der Waals surface area (Å²) >= 11 is 0. The number of nitrogens with one attached hydrogen (secondary N) is 1. The molecule has 0 saturated heterocycles. The first kappa shape index (κ1) is 48.5. The van der Waals surface area contributed by atoms with Gasteiger partial charge in [-0.05, 0) is 87.6 Å². The smallest absolute Gasteiger partial charge is 0.305 e. The standard InChI is InChI=1S/C52H72N4O7/c1-6-19-60-49-36-23-38-29-45(54)31-40(50(38)61-20-7-2)25-42-33-47(56-35(5)57)34-43(52(42)63-22-17-15-13-11-10-12-14-16-18-48(58)59-9-4)26-41-32-46(55)30-39(51(41)62-21-8-3)24-37(49)28-44(53)27-36/h27-34H,6-26,53-55H2,1-5H3,(H,56,57). The lowest BCUT2D eigenvalue weighted by molar-refractivity contribution is -0.143. The number of carbonyl (C=O) groups excluding carboxylic acids is 2. The Labute approximate surface area is 375 Å². The number of amides is 1. The highest BCUT2D eigenvalue weighted by atomic mass is 16.5. The summed E-state index contributed by atoms with van der Waals surface area (Å²) in [6, 6.07) is 16.0. The zero-order chi connectivity index (χ0) is 45.1. The van der Waals surface area contributed by atoms with Crippen LogP contribution in [0.4, 0.5) is 22.7 Å². The molecule has 0 aromatic heterocycles. The Morgan fingerprint density at radius 3 is 1.13 bits per heavy atom. The number of unbranched alkanes of at least 4 members (excludes halogenated alkanes) is 7. The SMILES string of the molecule is CCCOc1c2cc(N)cc1Cc1cc(N)cc(c1OCCC)Cc1cc(NC(C)=O)cc(c1OCCCCCCCCCCC(=O)OCC)Cc1cc(N)cc(c1OCCC)C2. The van der Waals surface area contributed by atoms with Crippen molar-refractivity contribution < 1.29 is 33.3 Å². The van der Waals surface area contributed by atoms with Gasteiger partial charge in [-0.1, -0.05) is 59.3 Å². The molecule has 1 amide bonds. The van der Waals surface area contributed by atoms with Crippen LogP contribution in [0.5, 0.6) is 23.0 Å². The van der Waals surface area contributed by atoms with Crippen LogP contribution in [-0.4, -0.2) is 44.9 Å². The first-order valence-corrected chi connectivity index (χ1v) is 23.4. The Hall–Kier alpha value is -5.58. The molecule has 4 aromatic rings. The van der Waals surface area contributed by atoms with Crippen LogP contribution in [0.25, 0.3) is 0 Å². The third-order valence-corrected chi connectivity index (χ3v) is 11.1. The van der Waals surface area contributed by atoms with Gasteiger partial charge in [-0.15, -0.1) is 0 Å². The Morgan fingerprint density at radius 2 is 0.794 bits per heavy atom. The molecule has 63 heavy (non-hydrogen) atoms. The zero-order valence-electron chi connectivity index (χ0n) is 38.6. The molecule has 0 spiro atoms. The van der Waals surface area contributed by atoms with E-state index in [0.29, 0.717) is 87.9 Å². The van der Waals surface area contributed by atoms with Crippen molar-refractivity contribution in [3.8, 4) is 23.0 Å². The van der Waals surface area contributed by atoms with Crippen LogP contribution < -0.4 is 41.5 Å². The van der Waals surface area contributed by atoms with Gasteiger partial charge in [0.25, 0.3) is 0 Å². The summed E-state index contributed by atoms with van der Waals surface area (Å²) < 4.78 is 31.8. The van der Waals surface area contributed by atoms with Crippen molar-refractivity contribution >= 4 is 34.6 Å². The predicted molar refractivity (Wildman–Crippen MR) is 256 cm³/mol. The quantitative estimate of drug-likeness (QED) is 0.0281. The molecule has 0 radical (unpaired) electrons. The molecule has 0 atom stereocenters. The van der Waals surface area contributed by atoms with E-state index < -0.39 is 0 Å². The van der Waals surface area contributed by atoms with Crippen LogP contribution in [0.3, 0.4) is 0 Å². The lowest BCUT2D eigenvalue weighted by atomic mass is 9.90. The molecule has 7 N–H and O–H groups in total. The van der Waals surface area contributed by atoms with Crippen molar-refractivity contribution in [1.29, 1.82) is 0 Å². The largest absolute Gasteiger partial charge is 0.493 e. The van der Waals surface area contributed by atoms with Crippen molar-refractivity contribution in [3.63, 3.8) is 0 Å². The first-order chi connectivity index (χ1) is 30.5. The van der Waals surface area contributed by atoms with E-state index in [1.807, 2.05) is 55.5 Å². The number of carbonyl (C=O) groups is 2. The Kier molecular flexibility index (Phi) is 19.2. The lowest BCUT2D eigenvalue weighted by Crippen LogP contribution is -2.12. The van der Waals surface area contributed by atoms with E-state index in [-0.39, 0.29) is 11.9 Å². The normalized spacial score (nSPS) is 12.1. The molecule has 1 aliphatic carbocycles. The van der Waals surface area contributed by atoms with Crippen molar-refractivity contribution in [2.24, 2.45) is 0 Å². The van der Waals surface area contributed by atoms with E-state index >= 15 is 0 Å². The molecule has 0 aliphatic heterocycles. The molecule has 342 valence electrons. The van der Waals surface area contributed by atoms with Crippen molar-refractivity contribution in [2.75, 3.05) is 55.6 Å². The number of esters is 1. The number of fused-ring (bicyclic) bond motifs is 8. The van der Waals surface area contributed by atoms with Gasteiger partial charge in [-0.25, -0.2) is 0 Å². The van der Waals surface area contributed by atoms with E-state index in [1.54, 1.807) is 0 Å². The second-order valence-electron chi connectivity index (χ2n) is 16.8. The highest BCUT2D eigenvalue weighted by Crippen LogP contribution is 2.42. The molecule has 0 fully saturated rings. The van der Waals surface area contributed by atoms with Crippen LogP contribution in [0, 0.1) is 0 Å². The topological polar surface area (TPSA) is 170 Å². The molecule has 0 saturated carbocycles. The minimum Gasteiger partial charge on any atom is -0.493 e. The lowest BCUT2D eigenvalue weighted by Gasteiger charge is -2.24. The molecule has 11 nitrogen and oxygen atoms in total. The Balaban J connectivity index is 1.59. The summed E-state index contributed by atoms with van der Waals surface area (Å²) in [5.41, 5.74) is 30.1. The maximum absolute atomic E-state index is 12.6. The molecular weight excluding hydrogens is 793 g/mol. The maximum Gasteiger partial charge on any atom is 0.305 e. The van der Waals surface area contributed by atoms with Gasteiger partial charge in [-0.2, -0.15) is 0 Å². The monoisotopic (exact) mass is 865 g/mol. The Morgan fingerprint density at radius 1 is 0.476 bits per heavy atom. The van der Waals surface area contributed by atoms with Crippen molar-refractivity contribution in [2.45, 2.75) is 137 Å². The highest BCUT2D eigenvalue weighted by Gasteiger charge is 2.24. The summed E-state index contributed by atoms with van der Waals surface area (Å²) in [5, 5.41) is 3.07. The first-order valence-electron chi connectivity index (χ1n) is 23.4. The second kappa shape index (κ2) is 24.9. The van der Waals surface area contributed by atoms with Crippen molar-refractivity contribution in [3.05, 3.63) is 93.0 Å². The third kappa shape index (κ3) is 14.5. The van der Waals surface area contributed by atoms with Gasteiger partial charge in [0, 0.05) is 106 Å². The number of rotatable bonds is 23. The van der Waals surface area contributed by atoms with Gasteiger partial charge in [0.1, 0.15) is 23.0 Å². The van der Waals surface area contributed by atoms with Crippen molar-refractivity contribution in [1.82, 2.24) is 0 Å². The van der Waals surface area contributed by atoms with Crippen LogP contribution in [-0.2, 0) is 40.0 Å². The molecule has 1 aliphatic rings. The average molecular weight is 865 g/mol. The van der Waals surface area contributed by atoms with Gasteiger partial charge in [0.15, 0.2) is 0 Å². The highest BCUT2D eigenvalue weighted by molar-refractivity contribution is 5.89. The Bertz CT molecular complexity index is 2020. The van der Waals surface area contributed by atoms with Gasteiger partial charge < -0.3 is 46.2 Å².